The van der Waals surface area contributed by atoms with Gasteiger partial charge in [-0.3, -0.25) is 9.59 Å². The minimum absolute atomic E-state index is 0.0417. The van der Waals surface area contributed by atoms with E-state index in [9.17, 15) is 9.59 Å². The molecule has 1 amide bonds. The first-order valence-electron chi connectivity index (χ1n) is 7.32. The molecule has 4 nitrogen and oxygen atoms in total. The van der Waals surface area contributed by atoms with Gasteiger partial charge in [0.2, 0.25) is 5.91 Å². The summed E-state index contributed by atoms with van der Waals surface area (Å²) in [5.74, 6) is -0.314. The second kappa shape index (κ2) is 7.45. The predicted octanol–water partition coefficient (Wildman–Crippen LogP) is 3.07. The Morgan fingerprint density at radius 1 is 1.32 bits per heavy atom. The average molecular weight is 322 g/mol. The summed E-state index contributed by atoms with van der Waals surface area (Å²) in [5.41, 5.74) is 1.91. The third-order valence-electron chi connectivity index (χ3n) is 3.96. The molecule has 0 N–H and O–H groups in total. The zero-order chi connectivity index (χ0) is 16.1. The van der Waals surface area contributed by atoms with E-state index in [2.05, 4.69) is 0 Å². The molecule has 22 heavy (non-hydrogen) atoms. The van der Waals surface area contributed by atoms with Crippen LogP contribution in [0.25, 0.3) is 6.08 Å². The highest BCUT2D eigenvalue weighted by Gasteiger charge is 2.26. The van der Waals surface area contributed by atoms with Crippen molar-refractivity contribution in [3.63, 3.8) is 0 Å². The Labute approximate surface area is 135 Å². The highest BCUT2D eigenvalue weighted by Crippen LogP contribution is 2.20. The fourth-order valence-corrected chi connectivity index (χ4v) is 2.68. The van der Waals surface area contributed by atoms with Gasteiger partial charge < -0.3 is 9.64 Å². The van der Waals surface area contributed by atoms with Gasteiger partial charge in [-0.25, -0.2) is 0 Å². The van der Waals surface area contributed by atoms with Crippen LogP contribution in [-0.4, -0.2) is 37.0 Å². The number of carbonyl (C=O) groups is 2. The second-order valence-electron chi connectivity index (χ2n) is 5.46. The number of ether oxygens (including phenoxy) is 1. The van der Waals surface area contributed by atoms with Crippen molar-refractivity contribution in [1.82, 2.24) is 4.90 Å². The minimum Gasteiger partial charge on any atom is -0.469 e. The summed E-state index contributed by atoms with van der Waals surface area (Å²) in [6.07, 6.45) is 4.63. The highest BCUT2D eigenvalue weighted by molar-refractivity contribution is 6.31. The van der Waals surface area contributed by atoms with Crippen LogP contribution in [0.2, 0.25) is 5.02 Å². The average Bonchev–Trinajstić information content (AvgIpc) is 2.55. The first-order valence-corrected chi connectivity index (χ1v) is 7.70. The number of rotatable bonds is 3. The van der Waals surface area contributed by atoms with Gasteiger partial charge in [0.15, 0.2) is 0 Å². The van der Waals surface area contributed by atoms with E-state index in [1.807, 2.05) is 25.1 Å². The first-order chi connectivity index (χ1) is 10.5. The maximum atomic E-state index is 12.2. The van der Waals surface area contributed by atoms with Crippen LogP contribution in [0, 0.1) is 12.8 Å². The Balaban J connectivity index is 1.91. The molecular weight excluding hydrogens is 302 g/mol. The number of hydrogen-bond acceptors (Lipinski definition) is 3. The molecule has 2 rings (SSSR count). The standard InChI is InChI=1S/C17H20ClNO3/c1-12-3-4-13(11-15(12)18)5-6-16(20)19-9-7-14(8-10-19)17(21)22-2/h3-6,11,14H,7-10H2,1-2H3/b6-5-. The van der Waals surface area contributed by atoms with Crippen molar-refractivity contribution in [3.05, 3.63) is 40.4 Å². The van der Waals surface area contributed by atoms with Crippen LogP contribution < -0.4 is 0 Å². The van der Waals surface area contributed by atoms with Crippen LogP contribution in [0.1, 0.15) is 24.0 Å². The number of likely N-dealkylation sites (tertiary alicyclic amines) is 1. The van der Waals surface area contributed by atoms with Gasteiger partial charge in [-0.1, -0.05) is 23.7 Å². The molecule has 0 aliphatic carbocycles. The molecule has 0 unspecified atom stereocenters. The third-order valence-corrected chi connectivity index (χ3v) is 4.36. The second-order valence-corrected chi connectivity index (χ2v) is 5.87. The zero-order valence-electron chi connectivity index (χ0n) is 12.8. The molecule has 0 aromatic heterocycles. The Morgan fingerprint density at radius 3 is 2.59 bits per heavy atom. The number of methoxy groups -OCH3 is 1. The normalized spacial score (nSPS) is 16.0. The van der Waals surface area contributed by atoms with Gasteiger partial charge in [0.1, 0.15) is 0 Å². The Kier molecular flexibility index (Phi) is 5.61. The summed E-state index contributed by atoms with van der Waals surface area (Å²) in [4.78, 5) is 25.4. The molecule has 5 heteroatoms. The number of aryl methyl sites for hydroxylation is 1. The van der Waals surface area contributed by atoms with Gasteiger partial charge in [-0.15, -0.1) is 0 Å². The van der Waals surface area contributed by atoms with Gasteiger partial charge in [0.25, 0.3) is 0 Å². The van der Waals surface area contributed by atoms with Gasteiger partial charge in [-0.05, 0) is 43.0 Å². The number of esters is 1. The third kappa shape index (κ3) is 4.10. The van der Waals surface area contributed by atoms with Crippen molar-refractivity contribution in [1.29, 1.82) is 0 Å². The summed E-state index contributed by atoms with van der Waals surface area (Å²) >= 11 is 6.06. The maximum Gasteiger partial charge on any atom is 0.308 e. The van der Waals surface area contributed by atoms with Crippen LogP contribution in [-0.2, 0) is 14.3 Å². The van der Waals surface area contributed by atoms with Crippen molar-refractivity contribution in [2.45, 2.75) is 19.8 Å². The van der Waals surface area contributed by atoms with Crippen LogP contribution >= 0.6 is 11.6 Å². The molecule has 1 aromatic rings. The van der Waals surface area contributed by atoms with Gasteiger partial charge in [0, 0.05) is 24.2 Å². The van der Waals surface area contributed by atoms with Crippen molar-refractivity contribution in [2.75, 3.05) is 20.2 Å². The van der Waals surface area contributed by atoms with E-state index in [1.54, 1.807) is 17.1 Å². The maximum absolute atomic E-state index is 12.2. The van der Waals surface area contributed by atoms with E-state index in [-0.39, 0.29) is 17.8 Å². The number of halogens is 1. The number of nitrogens with zero attached hydrogens (tertiary/aromatic N) is 1. The molecule has 0 atom stereocenters. The Bertz CT molecular complexity index is 590. The largest absolute Gasteiger partial charge is 0.469 e. The van der Waals surface area contributed by atoms with E-state index < -0.39 is 0 Å². The zero-order valence-corrected chi connectivity index (χ0v) is 13.6. The summed E-state index contributed by atoms with van der Waals surface area (Å²) in [6, 6.07) is 5.69. The summed E-state index contributed by atoms with van der Waals surface area (Å²) in [6.45, 7) is 3.10. The molecule has 1 fully saturated rings. The van der Waals surface area contributed by atoms with Crippen molar-refractivity contribution in [2.24, 2.45) is 5.92 Å². The summed E-state index contributed by atoms with van der Waals surface area (Å²) < 4.78 is 4.74. The van der Waals surface area contributed by atoms with Crippen molar-refractivity contribution in [3.8, 4) is 0 Å². The van der Waals surface area contributed by atoms with E-state index in [0.717, 1.165) is 11.1 Å². The molecule has 1 aliphatic rings. The number of hydrogen-bond donors (Lipinski definition) is 0. The lowest BCUT2D eigenvalue weighted by Crippen LogP contribution is -2.39. The molecule has 1 saturated heterocycles. The van der Waals surface area contributed by atoms with E-state index in [0.29, 0.717) is 31.0 Å². The lowest BCUT2D eigenvalue weighted by Gasteiger charge is -2.29. The van der Waals surface area contributed by atoms with Crippen LogP contribution in [0.5, 0.6) is 0 Å². The number of benzene rings is 1. The molecule has 1 heterocycles. The lowest BCUT2D eigenvalue weighted by atomic mass is 9.97. The van der Waals surface area contributed by atoms with Gasteiger partial charge in [-0.2, -0.15) is 0 Å². The topological polar surface area (TPSA) is 46.6 Å². The fraction of sp³-hybridized carbons (Fsp3) is 0.412. The SMILES string of the molecule is COC(=O)C1CCN(C(=O)/C=C\c2ccc(C)c(Cl)c2)CC1. The first kappa shape index (κ1) is 16.6. The van der Waals surface area contributed by atoms with Crippen molar-refractivity contribution >= 4 is 29.6 Å². The number of amides is 1. The summed E-state index contributed by atoms with van der Waals surface area (Å²) in [7, 11) is 1.40. The van der Waals surface area contributed by atoms with Crippen LogP contribution in [0.15, 0.2) is 24.3 Å². The van der Waals surface area contributed by atoms with Gasteiger partial charge in [0.05, 0.1) is 13.0 Å². The molecule has 0 saturated carbocycles. The van der Waals surface area contributed by atoms with Gasteiger partial charge >= 0.3 is 5.97 Å². The van der Waals surface area contributed by atoms with E-state index in [1.165, 1.54) is 7.11 Å². The van der Waals surface area contributed by atoms with Crippen molar-refractivity contribution < 1.29 is 14.3 Å². The molecule has 0 bridgehead atoms. The van der Waals surface area contributed by atoms with Crippen LogP contribution in [0.3, 0.4) is 0 Å². The van der Waals surface area contributed by atoms with E-state index in [4.69, 9.17) is 16.3 Å². The molecule has 1 aromatic carbocycles. The predicted molar refractivity (Wildman–Crippen MR) is 86.5 cm³/mol. The van der Waals surface area contributed by atoms with Crippen LogP contribution in [0.4, 0.5) is 0 Å². The van der Waals surface area contributed by atoms with E-state index >= 15 is 0 Å². The quantitative estimate of drug-likeness (QED) is 0.635. The summed E-state index contributed by atoms with van der Waals surface area (Å²) in [5, 5.41) is 0.688. The molecule has 118 valence electrons. The Morgan fingerprint density at radius 2 is 2.00 bits per heavy atom. The smallest absolute Gasteiger partial charge is 0.308 e. The monoisotopic (exact) mass is 321 g/mol. The molecule has 0 radical (unpaired) electrons. The minimum atomic E-state index is -0.183. The number of carbonyl (C=O) groups excluding carboxylic acids is 2. The highest BCUT2D eigenvalue weighted by atomic mass is 35.5. The Hall–Kier alpha value is -1.81. The molecule has 0 spiro atoms. The molecule has 1 aliphatic heterocycles. The lowest BCUT2D eigenvalue weighted by molar-refractivity contribution is -0.148. The number of piperidine rings is 1. The molecular formula is C17H20ClNO3. The fourth-order valence-electron chi connectivity index (χ4n) is 2.49.